The van der Waals surface area contributed by atoms with Gasteiger partial charge in [-0.1, -0.05) is 35.3 Å². The maximum atomic E-state index is 6.07. The predicted molar refractivity (Wildman–Crippen MR) is 72.8 cm³/mol. The summed E-state index contributed by atoms with van der Waals surface area (Å²) in [5.74, 6) is 0. The third kappa shape index (κ3) is 2.90. The van der Waals surface area contributed by atoms with Crippen molar-refractivity contribution in [3.8, 4) is 0 Å². The zero-order chi connectivity index (χ0) is 12.3. The molecule has 0 saturated carbocycles. The van der Waals surface area contributed by atoms with E-state index >= 15 is 0 Å². The second-order valence-corrected chi connectivity index (χ2v) is 4.53. The number of aryl methyl sites for hydroxylation is 1. The Labute approximate surface area is 111 Å². The maximum absolute atomic E-state index is 6.07. The highest BCUT2D eigenvalue weighted by atomic mass is 35.5. The first-order valence-corrected chi connectivity index (χ1v) is 6.02. The molecule has 0 fully saturated rings. The molecule has 0 bridgehead atoms. The Hall–Kier alpha value is -1.25. The van der Waals surface area contributed by atoms with E-state index in [-0.39, 0.29) is 0 Å². The molecule has 2 nitrogen and oxygen atoms in total. The number of hydrogen-bond donors (Lipinski definition) is 1. The number of benzene rings is 1. The van der Waals surface area contributed by atoms with Crippen molar-refractivity contribution in [1.82, 2.24) is 4.98 Å². The number of pyridine rings is 1. The van der Waals surface area contributed by atoms with Gasteiger partial charge in [0.15, 0.2) is 0 Å². The number of halogens is 2. The third-order valence-corrected chi connectivity index (χ3v) is 3.14. The van der Waals surface area contributed by atoms with Gasteiger partial charge < -0.3 is 5.32 Å². The van der Waals surface area contributed by atoms with Crippen LogP contribution >= 0.6 is 23.2 Å². The minimum absolute atomic E-state index is 0.607. The van der Waals surface area contributed by atoms with Crippen LogP contribution in [0.3, 0.4) is 0 Å². The van der Waals surface area contributed by atoms with Crippen LogP contribution < -0.4 is 5.32 Å². The standard InChI is InChI=1S/C13H12Cl2N2/c1-9-4-3-7-16-12(9)8-17-13-10(14)5-2-6-11(13)15/h2-7,17H,8H2,1H3. The maximum Gasteiger partial charge on any atom is 0.0722 e. The van der Waals surface area contributed by atoms with Crippen LogP contribution in [-0.2, 0) is 6.54 Å². The molecule has 1 N–H and O–H groups in total. The normalized spacial score (nSPS) is 10.3. The Bertz CT molecular complexity index is 506. The molecule has 0 unspecified atom stereocenters. The van der Waals surface area contributed by atoms with Gasteiger partial charge in [0, 0.05) is 6.20 Å². The van der Waals surface area contributed by atoms with Gasteiger partial charge in [0.1, 0.15) is 0 Å². The van der Waals surface area contributed by atoms with Crippen LogP contribution in [0.2, 0.25) is 10.0 Å². The largest absolute Gasteiger partial charge is 0.377 e. The highest BCUT2D eigenvalue weighted by molar-refractivity contribution is 6.39. The Balaban J connectivity index is 2.16. The molecule has 88 valence electrons. The third-order valence-electron chi connectivity index (χ3n) is 2.51. The number of aromatic nitrogens is 1. The van der Waals surface area contributed by atoms with Crippen molar-refractivity contribution < 1.29 is 0 Å². The SMILES string of the molecule is Cc1cccnc1CNc1c(Cl)cccc1Cl. The minimum Gasteiger partial charge on any atom is -0.377 e. The molecule has 1 heterocycles. The van der Waals surface area contributed by atoms with Crippen molar-refractivity contribution >= 4 is 28.9 Å². The summed E-state index contributed by atoms with van der Waals surface area (Å²) in [5.41, 5.74) is 2.88. The lowest BCUT2D eigenvalue weighted by Gasteiger charge is -2.11. The monoisotopic (exact) mass is 266 g/mol. The van der Waals surface area contributed by atoms with Gasteiger partial charge in [-0.2, -0.15) is 0 Å². The van der Waals surface area contributed by atoms with Crippen LogP contribution in [0, 0.1) is 6.92 Å². The van der Waals surface area contributed by atoms with Gasteiger partial charge in [0.2, 0.25) is 0 Å². The summed E-state index contributed by atoms with van der Waals surface area (Å²) >= 11 is 12.1. The van der Waals surface area contributed by atoms with Crippen molar-refractivity contribution in [2.45, 2.75) is 13.5 Å². The number of hydrogen-bond acceptors (Lipinski definition) is 2. The van der Waals surface area contributed by atoms with Crippen LogP contribution in [0.4, 0.5) is 5.69 Å². The van der Waals surface area contributed by atoms with Crippen molar-refractivity contribution in [3.63, 3.8) is 0 Å². The molecule has 0 aliphatic rings. The summed E-state index contributed by atoms with van der Waals surface area (Å²) in [6.07, 6.45) is 1.78. The van der Waals surface area contributed by atoms with Gasteiger partial charge in [0.25, 0.3) is 0 Å². The molecule has 0 aliphatic heterocycles. The van der Waals surface area contributed by atoms with Crippen molar-refractivity contribution in [1.29, 1.82) is 0 Å². The topological polar surface area (TPSA) is 24.9 Å². The summed E-state index contributed by atoms with van der Waals surface area (Å²) in [6.45, 7) is 2.63. The molecule has 0 aliphatic carbocycles. The Morgan fingerprint density at radius 3 is 2.47 bits per heavy atom. The van der Waals surface area contributed by atoms with Gasteiger partial charge in [-0.15, -0.1) is 0 Å². The molecule has 2 rings (SSSR count). The van der Waals surface area contributed by atoms with Crippen LogP contribution in [0.5, 0.6) is 0 Å². The van der Waals surface area contributed by atoms with E-state index in [1.54, 1.807) is 18.3 Å². The van der Waals surface area contributed by atoms with Crippen LogP contribution in [-0.4, -0.2) is 4.98 Å². The first-order valence-electron chi connectivity index (χ1n) is 5.27. The predicted octanol–water partition coefficient (Wildman–Crippen LogP) is 4.31. The summed E-state index contributed by atoms with van der Waals surface area (Å²) < 4.78 is 0. The van der Waals surface area contributed by atoms with Gasteiger partial charge >= 0.3 is 0 Å². The quantitative estimate of drug-likeness (QED) is 0.896. The number of nitrogens with one attached hydrogen (secondary N) is 1. The van der Waals surface area contributed by atoms with Crippen molar-refractivity contribution in [3.05, 3.63) is 57.8 Å². The Morgan fingerprint density at radius 2 is 1.82 bits per heavy atom. The lowest BCUT2D eigenvalue weighted by molar-refractivity contribution is 1.02. The summed E-state index contributed by atoms with van der Waals surface area (Å²) in [7, 11) is 0. The Kier molecular flexibility index (Phi) is 3.87. The molecule has 0 amide bonds. The molecule has 0 radical (unpaired) electrons. The van der Waals surface area contributed by atoms with Crippen LogP contribution in [0.25, 0.3) is 0 Å². The number of rotatable bonds is 3. The molecular weight excluding hydrogens is 255 g/mol. The summed E-state index contributed by atoms with van der Waals surface area (Å²) in [5, 5.41) is 4.45. The van der Waals surface area contributed by atoms with Crippen LogP contribution in [0.15, 0.2) is 36.5 Å². The van der Waals surface area contributed by atoms with Gasteiger partial charge in [-0.3, -0.25) is 4.98 Å². The van der Waals surface area contributed by atoms with E-state index in [0.29, 0.717) is 16.6 Å². The summed E-state index contributed by atoms with van der Waals surface area (Å²) in [6, 6.07) is 9.38. The first-order chi connectivity index (χ1) is 8.18. The lowest BCUT2D eigenvalue weighted by Crippen LogP contribution is -2.04. The number of nitrogens with zero attached hydrogens (tertiary/aromatic N) is 1. The zero-order valence-corrected chi connectivity index (χ0v) is 10.9. The van der Waals surface area contributed by atoms with E-state index in [9.17, 15) is 0 Å². The van der Waals surface area contributed by atoms with E-state index in [1.807, 2.05) is 25.1 Å². The second kappa shape index (κ2) is 5.39. The molecule has 4 heteroatoms. The molecule has 1 aromatic heterocycles. The van der Waals surface area contributed by atoms with Crippen molar-refractivity contribution in [2.75, 3.05) is 5.32 Å². The second-order valence-electron chi connectivity index (χ2n) is 3.72. The van der Waals surface area contributed by atoms with E-state index < -0.39 is 0 Å². The minimum atomic E-state index is 0.607. The van der Waals surface area contributed by atoms with E-state index in [1.165, 1.54) is 0 Å². The fourth-order valence-corrected chi connectivity index (χ4v) is 2.07. The highest BCUT2D eigenvalue weighted by Gasteiger charge is 2.05. The smallest absolute Gasteiger partial charge is 0.0722 e. The average molecular weight is 267 g/mol. The van der Waals surface area contributed by atoms with Crippen LogP contribution in [0.1, 0.15) is 11.3 Å². The molecule has 0 spiro atoms. The average Bonchev–Trinajstić information content (AvgIpc) is 2.30. The highest BCUT2D eigenvalue weighted by Crippen LogP contribution is 2.30. The van der Waals surface area contributed by atoms with E-state index in [4.69, 9.17) is 23.2 Å². The lowest BCUT2D eigenvalue weighted by atomic mass is 10.2. The zero-order valence-electron chi connectivity index (χ0n) is 9.37. The number of anilines is 1. The van der Waals surface area contributed by atoms with Crippen molar-refractivity contribution in [2.24, 2.45) is 0 Å². The van der Waals surface area contributed by atoms with Gasteiger partial charge in [-0.05, 0) is 30.7 Å². The molecule has 2 aromatic rings. The molecular formula is C13H12Cl2N2. The molecule has 0 atom stereocenters. The van der Waals surface area contributed by atoms with E-state index in [0.717, 1.165) is 16.9 Å². The molecule has 17 heavy (non-hydrogen) atoms. The summed E-state index contributed by atoms with van der Waals surface area (Å²) in [4.78, 5) is 4.30. The molecule has 0 saturated heterocycles. The first kappa shape index (κ1) is 12.2. The fraction of sp³-hybridized carbons (Fsp3) is 0.154. The van der Waals surface area contributed by atoms with E-state index in [2.05, 4.69) is 10.3 Å². The number of para-hydroxylation sites is 1. The Morgan fingerprint density at radius 1 is 1.12 bits per heavy atom. The fourth-order valence-electron chi connectivity index (χ4n) is 1.54. The van der Waals surface area contributed by atoms with Gasteiger partial charge in [0.05, 0.1) is 28.0 Å². The van der Waals surface area contributed by atoms with Gasteiger partial charge in [-0.25, -0.2) is 0 Å². The molecule has 1 aromatic carbocycles.